The molecule has 9 heteroatoms. The molecule has 0 fully saturated rings. The first-order valence-electron chi connectivity index (χ1n) is 7.38. The van der Waals surface area contributed by atoms with Crippen LogP contribution in [0.5, 0.6) is 11.5 Å². The zero-order valence-corrected chi connectivity index (χ0v) is 16.6. The van der Waals surface area contributed by atoms with Gasteiger partial charge >= 0.3 is 0 Å². The summed E-state index contributed by atoms with van der Waals surface area (Å²) in [5, 5.41) is 11.3. The minimum absolute atomic E-state index is 0.0859. The molecular formula is C17H16BrClN2O5. The maximum absolute atomic E-state index is 12.7. The summed E-state index contributed by atoms with van der Waals surface area (Å²) in [4.78, 5) is 24.6. The van der Waals surface area contributed by atoms with Crippen molar-refractivity contribution in [3.8, 4) is 11.5 Å². The van der Waals surface area contributed by atoms with Crippen molar-refractivity contribution in [3.63, 3.8) is 0 Å². The lowest BCUT2D eigenvalue weighted by Crippen LogP contribution is -2.26. The van der Waals surface area contributed by atoms with Gasteiger partial charge in [0.15, 0.2) is 0 Å². The minimum Gasteiger partial charge on any atom is -0.495 e. The number of carbonyl (C=O) groups is 1. The minimum atomic E-state index is -0.508. The van der Waals surface area contributed by atoms with E-state index in [2.05, 4.69) is 15.9 Å². The number of amides is 1. The quantitative estimate of drug-likeness (QED) is 0.491. The molecule has 0 aliphatic rings. The number of methoxy groups -OCH3 is 2. The van der Waals surface area contributed by atoms with E-state index in [1.807, 2.05) is 0 Å². The second-order valence-electron chi connectivity index (χ2n) is 5.39. The van der Waals surface area contributed by atoms with Crippen LogP contribution in [0.1, 0.15) is 15.9 Å². The average Bonchev–Trinajstić information content (AvgIpc) is 2.62. The Morgan fingerprint density at radius 3 is 2.31 bits per heavy atom. The molecular weight excluding hydrogens is 428 g/mol. The van der Waals surface area contributed by atoms with Crippen molar-refractivity contribution >= 4 is 39.1 Å². The van der Waals surface area contributed by atoms with Gasteiger partial charge in [0.1, 0.15) is 16.0 Å². The second kappa shape index (κ2) is 8.37. The maximum Gasteiger partial charge on any atom is 0.269 e. The van der Waals surface area contributed by atoms with Crippen molar-refractivity contribution in [2.24, 2.45) is 0 Å². The molecule has 0 N–H and O–H groups in total. The molecule has 0 saturated heterocycles. The van der Waals surface area contributed by atoms with Gasteiger partial charge in [-0.2, -0.15) is 0 Å². The smallest absolute Gasteiger partial charge is 0.269 e. The second-order valence-corrected chi connectivity index (χ2v) is 6.59. The third kappa shape index (κ3) is 4.25. The number of hydrogen-bond donors (Lipinski definition) is 0. The summed E-state index contributed by atoms with van der Waals surface area (Å²) < 4.78 is 11.1. The third-order valence-electron chi connectivity index (χ3n) is 3.69. The summed E-state index contributed by atoms with van der Waals surface area (Å²) in [6.07, 6.45) is 0. The molecule has 2 rings (SSSR count). The van der Waals surface area contributed by atoms with E-state index in [1.54, 1.807) is 19.2 Å². The highest BCUT2D eigenvalue weighted by molar-refractivity contribution is 9.10. The molecule has 2 aromatic rings. The first-order chi connectivity index (χ1) is 12.3. The van der Waals surface area contributed by atoms with Crippen LogP contribution in [0.2, 0.25) is 5.02 Å². The van der Waals surface area contributed by atoms with Crippen molar-refractivity contribution in [1.82, 2.24) is 4.90 Å². The van der Waals surface area contributed by atoms with Crippen LogP contribution in [0.3, 0.4) is 0 Å². The highest BCUT2D eigenvalue weighted by Crippen LogP contribution is 2.36. The van der Waals surface area contributed by atoms with Crippen LogP contribution in [0, 0.1) is 10.1 Å². The number of benzene rings is 2. The third-order valence-corrected chi connectivity index (χ3v) is 4.84. The number of rotatable bonds is 6. The van der Waals surface area contributed by atoms with Gasteiger partial charge in [-0.15, -0.1) is 0 Å². The molecule has 0 aliphatic heterocycles. The Balaban J connectivity index is 2.31. The number of non-ortho nitro benzene ring substituents is 1. The molecule has 0 radical (unpaired) electrons. The van der Waals surface area contributed by atoms with Crippen molar-refractivity contribution in [1.29, 1.82) is 0 Å². The number of hydrogen-bond acceptors (Lipinski definition) is 5. The fourth-order valence-corrected chi connectivity index (χ4v) is 3.07. The molecule has 0 aliphatic carbocycles. The Morgan fingerprint density at radius 2 is 1.81 bits per heavy atom. The van der Waals surface area contributed by atoms with Crippen LogP contribution in [-0.4, -0.2) is 37.0 Å². The lowest BCUT2D eigenvalue weighted by Gasteiger charge is -2.19. The Bertz CT molecular complexity index is 834. The van der Waals surface area contributed by atoms with Gasteiger partial charge < -0.3 is 14.4 Å². The Labute approximate surface area is 163 Å². The van der Waals surface area contributed by atoms with Gasteiger partial charge in [-0.1, -0.05) is 11.6 Å². The number of ether oxygens (including phenoxy) is 2. The Morgan fingerprint density at radius 1 is 1.23 bits per heavy atom. The predicted molar refractivity (Wildman–Crippen MR) is 101 cm³/mol. The molecule has 1 amide bonds. The van der Waals surface area contributed by atoms with E-state index in [4.69, 9.17) is 21.1 Å². The zero-order chi connectivity index (χ0) is 19.4. The van der Waals surface area contributed by atoms with Crippen LogP contribution in [0.25, 0.3) is 0 Å². The summed E-state index contributed by atoms with van der Waals surface area (Å²) in [5.41, 5.74) is 0.746. The van der Waals surface area contributed by atoms with E-state index in [0.29, 0.717) is 32.1 Å². The first kappa shape index (κ1) is 20.0. The van der Waals surface area contributed by atoms with E-state index >= 15 is 0 Å². The van der Waals surface area contributed by atoms with E-state index in [-0.39, 0.29) is 18.1 Å². The van der Waals surface area contributed by atoms with Crippen molar-refractivity contribution < 1.29 is 19.2 Å². The molecule has 0 atom stereocenters. The number of nitro benzene ring substituents is 1. The number of carbonyl (C=O) groups excluding carboxylic acids is 1. The lowest BCUT2D eigenvalue weighted by molar-refractivity contribution is -0.384. The molecule has 0 heterocycles. The zero-order valence-electron chi connectivity index (χ0n) is 14.3. The monoisotopic (exact) mass is 442 g/mol. The number of nitro groups is 1. The fraction of sp³-hybridized carbons (Fsp3) is 0.235. The van der Waals surface area contributed by atoms with Crippen molar-refractivity contribution in [3.05, 3.63) is 61.1 Å². The molecule has 26 heavy (non-hydrogen) atoms. The lowest BCUT2D eigenvalue weighted by atomic mass is 10.1. The van der Waals surface area contributed by atoms with Gasteiger partial charge in [0.05, 0.1) is 19.1 Å². The van der Waals surface area contributed by atoms with E-state index < -0.39 is 4.92 Å². The maximum atomic E-state index is 12.7. The van der Waals surface area contributed by atoms with Crippen molar-refractivity contribution in [2.75, 3.05) is 21.3 Å². The van der Waals surface area contributed by atoms with Gasteiger partial charge in [-0.25, -0.2) is 0 Å². The Kier molecular flexibility index (Phi) is 6.44. The molecule has 7 nitrogen and oxygen atoms in total. The highest BCUT2D eigenvalue weighted by Gasteiger charge is 2.19. The van der Waals surface area contributed by atoms with Crippen molar-refractivity contribution in [2.45, 2.75) is 6.54 Å². The van der Waals surface area contributed by atoms with Crippen LogP contribution in [0.4, 0.5) is 5.69 Å². The van der Waals surface area contributed by atoms with Crippen LogP contribution >= 0.6 is 27.5 Å². The summed E-state index contributed by atoms with van der Waals surface area (Å²) in [5.74, 6) is 0.598. The van der Waals surface area contributed by atoms with Crippen LogP contribution < -0.4 is 9.47 Å². The summed E-state index contributed by atoms with van der Waals surface area (Å²) >= 11 is 9.46. The highest BCUT2D eigenvalue weighted by atomic mass is 79.9. The summed E-state index contributed by atoms with van der Waals surface area (Å²) in [7, 11) is 4.55. The molecule has 0 bridgehead atoms. The first-order valence-corrected chi connectivity index (χ1v) is 8.55. The number of halogens is 2. The normalized spacial score (nSPS) is 10.3. The molecule has 0 spiro atoms. The van der Waals surface area contributed by atoms with Gasteiger partial charge in [0, 0.05) is 36.3 Å². The number of nitrogens with zero attached hydrogens (tertiary/aromatic N) is 2. The van der Waals surface area contributed by atoms with Gasteiger partial charge in [-0.05, 0) is 39.7 Å². The van der Waals surface area contributed by atoms with E-state index in [1.165, 1.54) is 37.3 Å². The standard InChI is InChI=1S/C17H16BrClN2O5/c1-20(9-11-6-12(21(23)24)4-5-13(11)19)17(22)10-7-14(25-2)16(18)15(8-10)26-3/h4-8H,9H2,1-3H3. The van der Waals surface area contributed by atoms with Gasteiger partial charge in [0.2, 0.25) is 0 Å². The summed E-state index contributed by atoms with van der Waals surface area (Å²) in [6, 6.07) is 7.28. The largest absolute Gasteiger partial charge is 0.495 e. The van der Waals surface area contributed by atoms with Crippen LogP contribution in [0.15, 0.2) is 34.8 Å². The molecule has 0 unspecified atom stereocenters. The molecule has 0 aromatic heterocycles. The topological polar surface area (TPSA) is 81.9 Å². The Hall–Kier alpha value is -2.32. The van der Waals surface area contributed by atoms with Gasteiger partial charge in [-0.3, -0.25) is 14.9 Å². The fourth-order valence-electron chi connectivity index (χ4n) is 2.34. The van der Waals surface area contributed by atoms with E-state index in [9.17, 15) is 14.9 Å². The van der Waals surface area contributed by atoms with E-state index in [0.717, 1.165) is 0 Å². The average molecular weight is 444 g/mol. The molecule has 2 aromatic carbocycles. The molecule has 138 valence electrons. The van der Waals surface area contributed by atoms with Crippen LogP contribution in [-0.2, 0) is 6.54 Å². The predicted octanol–water partition coefficient (Wildman–Crippen LogP) is 4.30. The van der Waals surface area contributed by atoms with Gasteiger partial charge in [0.25, 0.3) is 11.6 Å². The summed E-state index contributed by atoms with van der Waals surface area (Å²) in [6.45, 7) is 0.111. The SMILES string of the molecule is COc1cc(C(=O)N(C)Cc2cc([N+](=O)[O-])ccc2Cl)cc(OC)c1Br. The molecule has 0 saturated carbocycles.